The fraction of sp³-hybridized carbons (Fsp3) is 0.480. The zero-order valence-electron chi connectivity index (χ0n) is 18.5. The molecule has 0 unspecified atom stereocenters. The molecule has 0 bridgehead atoms. The predicted octanol–water partition coefficient (Wildman–Crippen LogP) is 3.53. The van der Waals surface area contributed by atoms with E-state index in [1.807, 2.05) is 24.4 Å². The van der Waals surface area contributed by atoms with E-state index in [1.165, 1.54) is 11.1 Å². The number of nitrogens with zero attached hydrogens (tertiary/aromatic N) is 4. The molecule has 4 rings (SSSR count). The normalized spacial score (nSPS) is 18.8. The van der Waals surface area contributed by atoms with Crippen LogP contribution in [0.1, 0.15) is 42.5 Å². The molecule has 0 atom stereocenters. The van der Waals surface area contributed by atoms with Crippen molar-refractivity contribution in [3.05, 3.63) is 60.1 Å². The number of piperidine rings is 2. The van der Waals surface area contributed by atoms with E-state index in [2.05, 4.69) is 39.3 Å². The highest BCUT2D eigenvalue weighted by molar-refractivity contribution is 5.79. The Labute approximate surface area is 185 Å². The van der Waals surface area contributed by atoms with E-state index in [-0.39, 0.29) is 5.92 Å². The molecular weight excluding hydrogens is 386 g/mol. The molecule has 0 aliphatic carbocycles. The summed E-state index contributed by atoms with van der Waals surface area (Å²) in [5.41, 5.74) is 10.3. The number of carbonyl (C=O) groups excluding carboxylic acids is 1. The Hall–Kier alpha value is -2.73. The lowest BCUT2D eigenvalue weighted by Crippen LogP contribution is -2.45. The lowest BCUT2D eigenvalue weighted by atomic mass is 9.86. The van der Waals surface area contributed by atoms with Crippen LogP contribution >= 0.6 is 0 Å². The number of carbonyl (C=O) groups is 1. The van der Waals surface area contributed by atoms with E-state index in [9.17, 15) is 4.79 Å². The van der Waals surface area contributed by atoms with Gasteiger partial charge in [0.15, 0.2) is 0 Å². The topological polar surface area (TPSA) is 75.4 Å². The molecule has 2 aromatic rings. The minimum atomic E-state index is 0.150. The van der Waals surface area contributed by atoms with Crippen LogP contribution in [-0.4, -0.2) is 51.9 Å². The van der Waals surface area contributed by atoms with Crippen LogP contribution in [0.5, 0.6) is 0 Å². The Kier molecular flexibility index (Phi) is 6.66. The van der Waals surface area contributed by atoms with Crippen LogP contribution in [-0.2, 0) is 11.3 Å². The summed E-state index contributed by atoms with van der Waals surface area (Å²) < 4.78 is 0. The Morgan fingerprint density at radius 2 is 1.77 bits per heavy atom. The number of anilines is 1. The second-order valence-electron chi connectivity index (χ2n) is 8.93. The molecule has 0 aromatic carbocycles. The van der Waals surface area contributed by atoms with Crippen molar-refractivity contribution in [1.29, 1.82) is 0 Å². The number of hydrogen-bond donors (Lipinski definition) is 1. The van der Waals surface area contributed by atoms with Gasteiger partial charge in [0.25, 0.3) is 0 Å². The van der Waals surface area contributed by atoms with Crippen LogP contribution in [0.25, 0.3) is 5.57 Å². The molecule has 2 fully saturated rings. The van der Waals surface area contributed by atoms with Gasteiger partial charge in [0.2, 0.25) is 5.91 Å². The lowest BCUT2D eigenvalue weighted by Gasteiger charge is -2.37. The van der Waals surface area contributed by atoms with Crippen molar-refractivity contribution < 1.29 is 4.79 Å². The van der Waals surface area contributed by atoms with E-state index in [1.54, 1.807) is 6.20 Å². The molecule has 2 aliphatic heterocycles. The molecule has 0 radical (unpaired) electrons. The fourth-order valence-electron chi connectivity index (χ4n) is 4.91. The molecule has 0 spiro atoms. The minimum Gasteiger partial charge on any atom is -0.384 e. The molecule has 2 saturated heterocycles. The van der Waals surface area contributed by atoms with Gasteiger partial charge in [0, 0.05) is 37.9 Å². The Balaban J connectivity index is 1.25. The number of nitrogen functional groups attached to an aromatic ring is 1. The average molecular weight is 420 g/mol. The smallest absolute Gasteiger partial charge is 0.225 e. The molecule has 1 amide bonds. The first-order chi connectivity index (χ1) is 15.0. The first-order valence-corrected chi connectivity index (χ1v) is 11.3. The largest absolute Gasteiger partial charge is 0.384 e. The summed E-state index contributed by atoms with van der Waals surface area (Å²) in [4.78, 5) is 26.2. The molecule has 164 valence electrons. The Morgan fingerprint density at radius 1 is 1.06 bits per heavy atom. The van der Waals surface area contributed by atoms with Gasteiger partial charge in [-0.2, -0.15) is 0 Å². The van der Waals surface area contributed by atoms with E-state index in [0.717, 1.165) is 69.7 Å². The first kappa shape index (κ1) is 21.5. The van der Waals surface area contributed by atoms with Gasteiger partial charge in [-0.15, -0.1) is 0 Å². The minimum absolute atomic E-state index is 0.150. The molecule has 6 nitrogen and oxygen atoms in total. The van der Waals surface area contributed by atoms with E-state index in [4.69, 9.17) is 5.73 Å². The third kappa shape index (κ3) is 5.13. The Morgan fingerprint density at radius 3 is 2.45 bits per heavy atom. The number of aromatic nitrogens is 2. The molecule has 0 saturated carbocycles. The van der Waals surface area contributed by atoms with Gasteiger partial charge in [0.1, 0.15) is 5.82 Å². The summed E-state index contributed by atoms with van der Waals surface area (Å²) in [6, 6.07) is 7.99. The van der Waals surface area contributed by atoms with Gasteiger partial charge in [0.05, 0.1) is 5.69 Å². The van der Waals surface area contributed by atoms with Gasteiger partial charge >= 0.3 is 0 Å². The van der Waals surface area contributed by atoms with Crippen molar-refractivity contribution in [1.82, 2.24) is 19.8 Å². The van der Waals surface area contributed by atoms with Gasteiger partial charge in [-0.25, -0.2) is 4.98 Å². The number of likely N-dealkylation sites (tertiary alicyclic amines) is 2. The molecule has 2 aliphatic rings. The fourth-order valence-corrected chi connectivity index (χ4v) is 4.91. The molecule has 2 aromatic heterocycles. The lowest BCUT2D eigenvalue weighted by molar-refractivity contribution is -0.138. The maximum absolute atomic E-state index is 13.1. The van der Waals surface area contributed by atoms with Crippen LogP contribution in [0.4, 0.5) is 5.82 Å². The second-order valence-corrected chi connectivity index (χ2v) is 8.93. The van der Waals surface area contributed by atoms with E-state index in [0.29, 0.717) is 17.6 Å². The van der Waals surface area contributed by atoms with Gasteiger partial charge in [-0.1, -0.05) is 12.6 Å². The summed E-state index contributed by atoms with van der Waals surface area (Å²) in [5.74, 6) is 1.46. The van der Waals surface area contributed by atoms with Crippen molar-refractivity contribution in [3.8, 4) is 0 Å². The maximum Gasteiger partial charge on any atom is 0.225 e. The third-order valence-corrected chi connectivity index (χ3v) is 6.80. The molecule has 4 heterocycles. The summed E-state index contributed by atoms with van der Waals surface area (Å²) in [6.07, 6.45) is 7.40. The van der Waals surface area contributed by atoms with Gasteiger partial charge in [-0.05, 0) is 86.5 Å². The van der Waals surface area contributed by atoms with Crippen LogP contribution in [0, 0.1) is 18.8 Å². The van der Waals surface area contributed by atoms with Crippen LogP contribution in [0.3, 0.4) is 0 Å². The predicted molar refractivity (Wildman–Crippen MR) is 124 cm³/mol. The number of hydrogen-bond acceptors (Lipinski definition) is 5. The highest BCUT2D eigenvalue weighted by Gasteiger charge is 2.31. The highest BCUT2D eigenvalue weighted by Crippen LogP contribution is 2.32. The van der Waals surface area contributed by atoms with Crippen molar-refractivity contribution in [2.75, 3.05) is 31.9 Å². The zero-order valence-corrected chi connectivity index (χ0v) is 18.5. The number of aryl methyl sites for hydroxylation is 1. The van der Waals surface area contributed by atoms with Crippen molar-refractivity contribution in [3.63, 3.8) is 0 Å². The van der Waals surface area contributed by atoms with Gasteiger partial charge in [-0.3, -0.25) is 14.7 Å². The summed E-state index contributed by atoms with van der Waals surface area (Å²) >= 11 is 0. The summed E-state index contributed by atoms with van der Waals surface area (Å²) in [7, 11) is 0. The summed E-state index contributed by atoms with van der Waals surface area (Å²) in [6.45, 7) is 10.8. The van der Waals surface area contributed by atoms with Crippen LogP contribution in [0.2, 0.25) is 0 Å². The molecular formula is C25H33N5O. The molecule has 6 heteroatoms. The SMILES string of the molecule is C=C(c1ncccc1C)C1CCN(C(=O)C2CCN(Cc3ccnc(N)c3)CC2)CC1. The number of nitrogens with two attached hydrogens (primary N) is 1. The third-order valence-electron chi connectivity index (χ3n) is 6.80. The summed E-state index contributed by atoms with van der Waals surface area (Å²) in [5, 5.41) is 0. The molecule has 2 N–H and O–H groups in total. The average Bonchev–Trinajstić information content (AvgIpc) is 2.79. The van der Waals surface area contributed by atoms with Crippen LogP contribution in [0.15, 0.2) is 43.2 Å². The number of rotatable bonds is 5. The van der Waals surface area contributed by atoms with Gasteiger partial charge < -0.3 is 10.6 Å². The zero-order chi connectivity index (χ0) is 21.8. The van der Waals surface area contributed by atoms with E-state index < -0.39 is 0 Å². The number of allylic oxidation sites excluding steroid dienone is 1. The van der Waals surface area contributed by atoms with Crippen molar-refractivity contribution >= 4 is 17.3 Å². The highest BCUT2D eigenvalue weighted by atomic mass is 16.2. The first-order valence-electron chi connectivity index (χ1n) is 11.3. The number of amides is 1. The molecule has 31 heavy (non-hydrogen) atoms. The quantitative estimate of drug-likeness (QED) is 0.802. The van der Waals surface area contributed by atoms with E-state index >= 15 is 0 Å². The standard InChI is InChI=1S/C25H33N5O/c1-18-4-3-10-28-24(18)19(2)21-8-14-30(15-9-21)25(31)22-6-12-29(13-7-22)17-20-5-11-27-23(26)16-20/h3-5,10-11,16,21-22H,2,6-9,12-15,17H2,1H3,(H2,26,27). The van der Waals surface area contributed by atoms with Crippen molar-refractivity contribution in [2.24, 2.45) is 11.8 Å². The number of pyridine rings is 2. The monoisotopic (exact) mass is 419 g/mol. The van der Waals surface area contributed by atoms with Crippen molar-refractivity contribution in [2.45, 2.75) is 39.2 Å². The van der Waals surface area contributed by atoms with Crippen LogP contribution < -0.4 is 5.73 Å². The maximum atomic E-state index is 13.1. The second kappa shape index (κ2) is 9.60. The Bertz CT molecular complexity index is 927.